The molecule has 3 rings (SSSR count). The third kappa shape index (κ3) is 6.46. The highest BCUT2D eigenvalue weighted by Crippen LogP contribution is 2.39. The van der Waals surface area contributed by atoms with Crippen LogP contribution < -0.4 is 4.74 Å². The summed E-state index contributed by atoms with van der Waals surface area (Å²) >= 11 is 6.09. The van der Waals surface area contributed by atoms with Gasteiger partial charge in [-0.1, -0.05) is 30.3 Å². The van der Waals surface area contributed by atoms with E-state index < -0.39 is 44.4 Å². The Morgan fingerprint density at radius 1 is 1.33 bits per heavy atom. The third-order valence-corrected chi connectivity index (χ3v) is 7.38. The molecule has 0 saturated heterocycles. The first kappa shape index (κ1) is 27.3. The molecular weight excluding hydrogens is 512 g/mol. The van der Waals surface area contributed by atoms with Crippen LogP contribution in [0.15, 0.2) is 40.8 Å². The van der Waals surface area contributed by atoms with Gasteiger partial charge in [0, 0.05) is 23.1 Å². The van der Waals surface area contributed by atoms with Crippen molar-refractivity contribution in [2.45, 2.75) is 38.0 Å². The van der Waals surface area contributed by atoms with Gasteiger partial charge in [-0.3, -0.25) is 19.7 Å². The standard InChI is InChI=1S/C24H24ClN2O8S/c1-15(9-22(29)30)12-36(34)26-23(31)17-4-7-21(20(11-17)27(32)33)35-14-24(13-28)8-2-3-16-10-18(25)5-6-19(16)24/h4-7,10-11,13,15H,2-3,8-9,12,14H2,1H3,(H,29,30)/q-1/t15-,24-/m0/s1. The number of hydrogen-bond donors (Lipinski definition) is 1. The van der Waals surface area contributed by atoms with E-state index in [1.165, 1.54) is 12.1 Å². The number of nitro groups is 1. The second kappa shape index (κ2) is 11.6. The molecule has 36 heavy (non-hydrogen) atoms. The number of amides is 1. The smallest absolute Gasteiger partial charge is 0.311 e. The number of rotatable bonds is 10. The van der Waals surface area contributed by atoms with E-state index in [0.29, 0.717) is 17.9 Å². The molecule has 0 aliphatic heterocycles. The fraction of sp³-hybridized carbons (Fsp3) is 0.375. The van der Waals surface area contributed by atoms with Crippen molar-refractivity contribution < 1.29 is 33.4 Å². The Hall–Kier alpha value is -3.31. The summed E-state index contributed by atoms with van der Waals surface area (Å²) in [6.45, 7) is 1.42. The van der Waals surface area contributed by atoms with Crippen molar-refractivity contribution in [1.29, 1.82) is 0 Å². The first-order valence-electron chi connectivity index (χ1n) is 11.1. The van der Waals surface area contributed by atoms with E-state index in [1.807, 2.05) is 0 Å². The van der Waals surface area contributed by atoms with Crippen molar-refractivity contribution in [3.05, 3.63) is 68.2 Å². The van der Waals surface area contributed by atoms with Gasteiger partial charge in [-0.15, -0.1) is 0 Å². The zero-order chi connectivity index (χ0) is 26.5. The van der Waals surface area contributed by atoms with Gasteiger partial charge in [0.1, 0.15) is 12.9 Å². The Morgan fingerprint density at radius 3 is 2.75 bits per heavy atom. The number of hydrogen-bond acceptors (Lipinski definition) is 8. The number of fused-ring (bicyclic) bond motifs is 1. The molecule has 0 heterocycles. The quantitative estimate of drug-likeness (QED) is 0.202. The van der Waals surface area contributed by atoms with E-state index >= 15 is 0 Å². The van der Waals surface area contributed by atoms with Crippen molar-refractivity contribution in [2.75, 3.05) is 12.4 Å². The molecule has 12 heteroatoms. The lowest BCUT2D eigenvalue weighted by molar-refractivity contribution is -0.385. The number of aldehydes is 1. The highest BCUT2D eigenvalue weighted by atomic mass is 35.5. The summed E-state index contributed by atoms with van der Waals surface area (Å²) in [4.78, 5) is 46.3. The number of carbonyl (C=O) groups excluding carboxylic acids is 2. The number of carboxylic acids is 1. The summed E-state index contributed by atoms with van der Waals surface area (Å²) in [6.07, 6.45) is 2.53. The summed E-state index contributed by atoms with van der Waals surface area (Å²) in [5, 5.41) is 21.0. The second-order valence-electron chi connectivity index (χ2n) is 8.74. The maximum atomic E-state index is 12.4. The predicted octanol–water partition coefficient (Wildman–Crippen LogP) is 4.50. The molecule has 1 aliphatic carbocycles. The van der Waals surface area contributed by atoms with Gasteiger partial charge < -0.3 is 23.2 Å². The number of nitrogens with zero attached hydrogens (tertiary/aromatic N) is 2. The fourth-order valence-corrected chi connectivity index (χ4v) is 5.36. The fourth-order valence-electron chi connectivity index (χ4n) is 4.19. The maximum absolute atomic E-state index is 12.4. The van der Waals surface area contributed by atoms with Gasteiger partial charge in [0.15, 0.2) is 5.75 Å². The third-order valence-electron chi connectivity index (χ3n) is 5.92. The van der Waals surface area contributed by atoms with E-state index in [2.05, 4.69) is 4.36 Å². The molecule has 2 atom stereocenters. The predicted molar refractivity (Wildman–Crippen MR) is 132 cm³/mol. The number of nitro benzene ring substituents is 1. The van der Waals surface area contributed by atoms with Gasteiger partial charge in [-0.05, 0) is 60.6 Å². The Labute approximate surface area is 214 Å². The largest absolute Gasteiger partial charge is 0.485 e. The number of carbonyl (C=O) groups is 3. The molecule has 0 bridgehead atoms. The van der Waals surface area contributed by atoms with Gasteiger partial charge >= 0.3 is 11.7 Å². The molecule has 0 radical (unpaired) electrons. The van der Waals surface area contributed by atoms with Crippen molar-refractivity contribution in [2.24, 2.45) is 10.3 Å². The zero-order valence-electron chi connectivity index (χ0n) is 19.3. The molecule has 10 nitrogen and oxygen atoms in total. The number of aryl methyl sites for hydroxylation is 1. The number of benzene rings is 2. The molecule has 1 aliphatic rings. The van der Waals surface area contributed by atoms with Gasteiger partial charge in [0.2, 0.25) is 0 Å². The van der Waals surface area contributed by atoms with Crippen molar-refractivity contribution in [1.82, 2.24) is 0 Å². The van der Waals surface area contributed by atoms with E-state index in [9.17, 15) is 28.7 Å². The number of halogens is 1. The first-order valence-corrected chi connectivity index (χ1v) is 12.7. The number of carboxylic acid groups (broad SMARTS) is 1. The van der Waals surface area contributed by atoms with Crippen LogP contribution in [0.1, 0.15) is 47.7 Å². The average molecular weight is 536 g/mol. The highest BCUT2D eigenvalue weighted by molar-refractivity contribution is 7.75. The Balaban J connectivity index is 1.82. The van der Waals surface area contributed by atoms with Crippen LogP contribution in [0.4, 0.5) is 5.69 Å². The highest BCUT2D eigenvalue weighted by Gasteiger charge is 2.38. The summed E-state index contributed by atoms with van der Waals surface area (Å²) in [6, 6.07) is 8.72. The van der Waals surface area contributed by atoms with Crippen molar-refractivity contribution in [3.63, 3.8) is 0 Å². The SMILES string of the molecule is C[C@@H](CC(=O)O)C[S-](=O)=NC(=O)c1ccc(OC[C@@]2(C=O)CCCc3cc(Cl)ccc32)c([N+](=O)[O-])c1. The van der Waals surface area contributed by atoms with Crippen molar-refractivity contribution in [3.8, 4) is 5.75 Å². The molecule has 0 spiro atoms. The lowest BCUT2D eigenvalue weighted by atomic mass is 9.71. The molecule has 0 unspecified atom stereocenters. The zero-order valence-corrected chi connectivity index (χ0v) is 20.9. The van der Waals surface area contributed by atoms with Crippen LogP contribution in [0.5, 0.6) is 5.75 Å². The normalized spacial score (nSPS) is 18.6. The van der Waals surface area contributed by atoms with Gasteiger partial charge in [0.05, 0.1) is 10.3 Å². The molecular formula is C24H24ClN2O8S-. The minimum atomic E-state index is -1.99. The lowest BCUT2D eigenvalue weighted by Gasteiger charge is -2.34. The molecule has 1 amide bonds. The number of aliphatic carboxylic acids is 1. The van der Waals surface area contributed by atoms with Crippen LogP contribution in [-0.2, 0) is 36.2 Å². The second-order valence-corrected chi connectivity index (χ2v) is 10.3. The first-order chi connectivity index (χ1) is 17.0. The van der Waals surface area contributed by atoms with Crippen molar-refractivity contribution >= 4 is 46.0 Å². The van der Waals surface area contributed by atoms with Crippen LogP contribution in [0.2, 0.25) is 5.02 Å². The van der Waals surface area contributed by atoms with Crippen LogP contribution in [0.3, 0.4) is 0 Å². The topological polar surface area (TPSA) is 153 Å². The molecule has 0 fully saturated rings. The lowest BCUT2D eigenvalue weighted by Crippen LogP contribution is -2.38. The van der Waals surface area contributed by atoms with Crippen LogP contribution in [0.25, 0.3) is 0 Å². The van der Waals surface area contributed by atoms with Gasteiger partial charge in [-0.25, -0.2) is 0 Å². The van der Waals surface area contributed by atoms with Crippen LogP contribution in [-0.4, -0.2) is 40.6 Å². The summed E-state index contributed by atoms with van der Waals surface area (Å²) in [7, 11) is -1.99. The van der Waals surface area contributed by atoms with Crippen LogP contribution in [0, 0.1) is 16.0 Å². The Bertz CT molecular complexity index is 1290. The molecule has 192 valence electrons. The van der Waals surface area contributed by atoms with E-state index in [0.717, 1.165) is 29.9 Å². The molecule has 1 N–H and O–H groups in total. The van der Waals surface area contributed by atoms with Gasteiger partial charge in [0.25, 0.3) is 5.91 Å². The molecule has 0 saturated carbocycles. The molecule has 2 aromatic rings. The summed E-state index contributed by atoms with van der Waals surface area (Å²) < 4.78 is 21.4. The molecule has 0 aromatic heterocycles. The maximum Gasteiger partial charge on any atom is 0.311 e. The van der Waals surface area contributed by atoms with E-state index in [1.54, 1.807) is 25.1 Å². The van der Waals surface area contributed by atoms with Crippen LogP contribution >= 0.6 is 11.6 Å². The summed E-state index contributed by atoms with van der Waals surface area (Å²) in [5.41, 5.74) is 0.0119. The summed E-state index contributed by atoms with van der Waals surface area (Å²) in [5.74, 6) is -2.74. The monoisotopic (exact) mass is 535 g/mol. The molecule has 2 aromatic carbocycles. The minimum absolute atomic E-state index is 0.130. The average Bonchev–Trinajstić information content (AvgIpc) is 2.81. The van der Waals surface area contributed by atoms with Gasteiger partial charge in [-0.2, -0.15) is 10.6 Å². The van der Waals surface area contributed by atoms with E-state index in [-0.39, 0.29) is 30.1 Å². The Morgan fingerprint density at radius 2 is 2.08 bits per heavy atom. The Kier molecular flexibility index (Phi) is 8.80. The van der Waals surface area contributed by atoms with E-state index in [4.69, 9.17) is 21.4 Å². The minimum Gasteiger partial charge on any atom is -0.485 e. The number of ether oxygens (including phenoxy) is 1.